The molecule has 0 saturated heterocycles. The Balaban J connectivity index is 1.74. The van der Waals surface area contributed by atoms with Crippen molar-refractivity contribution in [3.63, 3.8) is 0 Å². The number of carbonyl (C=O) groups excluding carboxylic acids is 1. The molecular weight excluding hydrogens is 455 g/mol. The summed E-state index contributed by atoms with van der Waals surface area (Å²) < 4.78 is 46.1. The van der Waals surface area contributed by atoms with Gasteiger partial charge in [0.1, 0.15) is 0 Å². The average Bonchev–Trinajstić information content (AvgIpc) is 3.21. The van der Waals surface area contributed by atoms with Gasteiger partial charge in [-0.25, -0.2) is 4.79 Å². The van der Waals surface area contributed by atoms with Gasteiger partial charge >= 0.3 is 12.2 Å². The van der Waals surface area contributed by atoms with E-state index in [0.717, 1.165) is 17.8 Å². The van der Waals surface area contributed by atoms with Gasteiger partial charge < -0.3 is 19.5 Å². The molecule has 0 fully saturated rings. The topological polar surface area (TPSA) is 46.5 Å². The molecule has 1 N–H and O–H groups in total. The lowest BCUT2D eigenvalue weighted by Crippen LogP contribution is -2.36. The molecule has 2 aromatic carbocycles. The Morgan fingerprint density at radius 2 is 1.88 bits per heavy atom. The fourth-order valence-corrected chi connectivity index (χ4v) is 3.50. The number of halogens is 4. The van der Waals surface area contributed by atoms with E-state index < -0.39 is 11.7 Å². The number of rotatable bonds is 9. The number of urea groups is 1. The molecule has 0 aliphatic heterocycles. The fraction of sp³-hybridized carbons (Fsp3) is 0.292. The molecule has 176 valence electrons. The lowest BCUT2D eigenvalue weighted by molar-refractivity contribution is -0.137. The van der Waals surface area contributed by atoms with E-state index in [4.69, 9.17) is 16.3 Å². The summed E-state index contributed by atoms with van der Waals surface area (Å²) in [6, 6.07) is 15.4. The Morgan fingerprint density at radius 3 is 2.58 bits per heavy atom. The molecule has 3 aromatic rings. The lowest BCUT2D eigenvalue weighted by Gasteiger charge is -2.24. The van der Waals surface area contributed by atoms with Crippen LogP contribution in [-0.2, 0) is 24.0 Å². The molecule has 5 nitrogen and oxygen atoms in total. The van der Waals surface area contributed by atoms with Gasteiger partial charge in [0.15, 0.2) is 0 Å². The van der Waals surface area contributed by atoms with Gasteiger partial charge in [-0.1, -0.05) is 23.7 Å². The highest BCUT2D eigenvalue weighted by atomic mass is 35.5. The zero-order valence-corrected chi connectivity index (χ0v) is 18.9. The van der Waals surface area contributed by atoms with Gasteiger partial charge in [-0.05, 0) is 60.5 Å². The number of benzene rings is 2. The number of nitrogens with zero attached hydrogens (tertiary/aromatic N) is 2. The number of aromatic nitrogens is 1. The maximum absolute atomic E-state index is 13.1. The molecule has 33 heavy (non-hydrogen) atoms. The third-order valence-corrected chi connectivity index (χ3v) is 5.29. The van der Waals surface area contributed by atoms with Crippen molar-refractivity contribution >= 4 is 23.3 Å². The molecule has 0 radical (unpaired) electrons. The van der Waals surface area contributed by atoms with Gasteiger partial charge in [0.2, 0.25) is 0 Å². The van der Waals surface area contributed by atoms with Crippen LogP contribution in [0, 0.1) is 0 Å². The van der Waals surface area contributed by atoms with Gasteiger partial charge in [0.05, 0.1) is 12.1 Å². The third kappa shape index (κ3) is 7.27. The number of ether oxygens (including phenoxy) is 1. The molecule has 2 amide bonds. The Hall–Kier alpha value is -2.97. The van der Waals surface area contributed by atoms with Crippen LogP contribution in [0.1, 0.15) is 23.2 Å². The molecule has 0 saturated carbocycles. The minimum atomic E-state index is -4.40. The smallest absolute Gasteiger partial charge is 0.385 e. The number of alkyl halides is 3. The zero-order valence-electron chi connectivity index (χ0n) is 18.1. The standard InChI is InChI=1S/C24H25ClF3N3O2/c1-33-14-4-13-31(23(32)29-21-10-8-20(25)9-11-21)17-22-7-3-12-30(22)16-18-5-2-6-19(15-18)24(26,27)28/h2-3,5-12,15H,4,13-14,16-17H2,1H3,(H,29,32). The summed E-state index contributed by atoms with van der Waals surface area (Å²) in [5.74, 6) is 0. The largest absolute Gasteiger partial charge is 0.416 e. The summed E-state index contributed by atoms with van der Waals surface area (Å²) in [7, 11) is 1.60. The first-order valence-corrected chi connectivity index (χ1v) is 10.7. The third-order valence-electron chi connectivity index (χ3n) is 5.04. The van der Waals surface area contributed by atoms with E-state index in [1.807, 2.05) is 16.7 Å². The number of anilines is 1. The van der Waals surface area contributed by atoms with Crippen LogP contribution < -0.4 is 5.32 Å². The SMILES string of the molecule is COCCCN(Cc1cccn1Cc1cccc(C(F)(F)F)c1)C(=O)Nc1ccc(Cl)cc1. The lowest BCUT2D eigenvalue weighted by atomic mass is 10.1. The number of nitrogens with one attached hydrogen (secondary N) is 1. The highest BCUT2D eigenvalue weighted by Gasteiger charge is 2.30. The van der Waals surface area contributed by atoms with E-state index in [0.29, 0.717) is 35.8 Å². The number of hydrogen-bond donors (Lipinski definition) is 1. The molecule has 9 heteroatoms. The average molecular weight is 480 g/mol. The van der Waals surface area contributed by atoms with Gasteiger partial charge in [-0.2, -0.15) is 13.2 Å². The van der Waals surface area contributed by atoms with Crippen molar-refractivity contribution in [2.75, 3.05) is 25.6 Å². The van der Waals surface area contributed by atoms with Crippen LogP contribution in [0.2, 0.25) is 5.02 Å². The van der Waals surface area contributed by atoms with E-state index in [1.165, 1.54) is 6.07 Å². The van der Waals surface area contributed by atoms with E-state index in [9.17, 15) is 18.0 Å². The Bertz CT molecular complexity index is 1050. The second-order valence-corrected chi connectivity index (χ2v) is 7.97. The van der Waals surface area contributed by atoms with Crippen LogP contribution in [-0.4, -0.2) is 35.8 Å². The van der Waals surface area contributed by atoms with Crippen LogP contribution in [0.4, 0.5) is 23.7 Å². The minimum absolute atomic E-state index is 0.261. The van der Waals surface area contributed by atoms with Crippen LogP contribution in [0.3, 0.4) is 0 Å². The molecule has 0 bridgehead atoms. The fourth-order valence-electron chi connectivity index (χ4n) is 3.37. The molecule has 3 rings (SSSR count). The number of methoxy groups -OCH3 is 1. The molecule has 0 aliphatic carbocycles. The highest BCUT2D eigenvalue weighted by molar-refractivity contribution is 6.30. The zero-order chi connectivity index (χ0) is 23.8. The van der Waals surface area contributed by atoms with E-state index >= 15 is 0 Å². The molecule has 0 atom stereocenters. The minimum Gasteiger partial charge on any atom is -0.385 e. The van der Waals surface area contributed by atoms with E-state index in [1.54, 1.807) is 48.5 Å². The van der Waals surface area contributed by atoms with Crippen molar-refractivity contribution in [2.45, 2.75) is 25.7 Å². The molecule has 0 aliphatic rings. The Labute approximate surface area is 195 Å². The van der Waals surface area contributed by atoms with Crippen LogP contribution in [0.15, 0.2) is 66.9 Å². The second-order valence-electron chi connectivity index (χ2n) is 7.53. The summed E-state index contributed by atoms with van der Waals surface area (Å²) in [5.41, 5.74) is 1.26. The van der Waals surface area contributed by atoms with Crippen molar-refractivity contribution < 1.29 is 22.7 Å². The first kappa shape index (κ1) is 24.7. The Kier molecular flexibility index (Phi) is 8.41. The van der Waals surface area contributed by atoms with Crippen LogP contribution in [0.25, 0.3) is 0 Å². The maximum Gasteiger partial charge on any atom is 0.416 e. The molecule has 1 aromatic heterocycles. The van der Waals surface area contributed by atoms with Crippen molar-refractivity contribution in [3.8, 4) is 0 Å². The van der Waals surface area contributed by atoms with E-state index in [2.05, 4.69) is 5.32 Å². The van der Waals surface area contributed by atoms with Crippen molar-refractivity contribution in [1.29, 1.82) is 0 Å². The summed E-state index contributed by atoms with van der Waals surface area (Å²) in [5, 5.41) is 3.42. The predicted molar refractivity (Wildman–Crippen MR) is 122 cm³/mol. The van der Waals surface area contributed by atoms with Gasteiger partial charge in [-0.3, -0.25) is 0 Å². The quantitative estimate of drug-likeness (QED) is 0.367. The molecule has 0 unspecified atom stereocenters. The highest BCUT2D eigenvalue weighted by Crippen LogP contribution is 2.29. The first-order valence-electron chi connectivity index (χ1n) is 10.4. The first-order chi connectivity index (χ1) is 15.8. The summed E-state index contributed by atoms with van der Waals surface area (Å²) in [6.07, 6.45) is -1.97. The van der Waals surface area contributed by atoms with Crippen molar-refractivity contribution in [2.24, 2.45) is 0 Å². The molecule has 0 spiro atoms. The molecule has 1 heterocycles. The summed E-state index contributed by atoms with van der Waals surface area (Å²) in [6.45, 7) is 1.49. The second kappa shape index (κ2) is 11.2. The van der Waals surface area contributed by atoms with Gasteiger partial charge in [-0.15, -0.1) is 0 Å². The van der Waals surface area contributed by atoms with Gasteiger partial charge in [0, 0.05) is 49.4 Å². The normalized spacial score (nSPS) is 11.4. The monoisotopic (exact) mass is 479 g/mol. The number of amides is 2. The Morgan fingerprint density at radius 1 is 1.12 bits per heavy atom. The molecular formula is C24H25ClF3N3O2. The summed E-state index contributed by atoms with van der Waals surface area (Å²) in [4.78, 5) is 14.6. The van der Waals surface area contributed by atoms with E-state index in [-0.39, 0.29) is 19.1 Å². The van der Waals surface area contributed by atoms with Gasteiger partial charge in [0.25, 0.3) is 0 Å². The van der Waals surface area contributed by atoms with Crippen molar-refractivity contribution in [1.82, 2.24) is 9.47 Å². The predicted octanol–water partition coefficient (Wildman–Crippen LogP) is 6.28. The maximum atomic E-state index is 13.1. The summed E-state index contributed by atoms with van der Waals surface area (Å²) >= 11 is 5.91. The number of carbonyl (C=O) groups is 1. The van der Waals surface area contributed by atoms with Crippen LogP contribution >= 0.6 is 11.6 Å². The van der Waals surface area contributed by atoms with Crippen LogP contribution in [0.5, 0.6) is 0 Å². The van der Waals surface area contributed by atoms with Crippen molar-refractivity contribution in [3.05, 3.63) is 88.7 Å². The number of hydrogen-bond acceptors (Lipinski definition) is 2.